The highest BCUT2D eigenvalue weighted by atomic mass is 32.2. The van der Waals surface area contributed by atoms with Crippen molar-refractivity contribution in [3.63, 3.8) is 0 Å². The van der Waals surface area contributed by atoms with Crippen LogP contribution in [-0.2, 0) is 27.7 Å². The summed E-state index contributed by atoms with van der Waals surface area (Å²) in [4.78, 5) is 33.4. The molecule has 0 saturated carbocycles. The number of thiophene rings is 1. The molecule has 0 bridgehead atoms. The van der Waals surface area contributed by atoms with Crippen LogP contribution in [0.25, 0.3) is 20.8 Å². The summed E-state index contributed by atoms with van der Waals surface area (Å²) in [7, 11) is -2.34. The van der Waals surface area contributed by atoms with E-state index in [1.807, 2.05) is 52.0 Å². The highest BCUT2D eigenvalue weighted by molar-refractivity contribution is 7.89. The van der Waals surface area contributed by atoms with Gasteiger partial charge in [0.2, 0.25) is 10.0 Å². The number of hydrogen-bond donors (Lipinski definition) is 1. The third-order valence-electron chi connectivity index (χ3n) is 7.12. The lowest BCUT2D eigenvalue weighted by Crippen LogP contribution is -2.37. The molecular weight excluding hydrogens is 605 g/mol. The summed E-state index contributed by atoms with van der Waals surface area (Å²) >= 11 is 2.99. The van der Waals surface area contributed by atoms with Crippen LogP contribution in [0, 0.1) is 11.8 Å². The van der Waals surface area contributed by atoms with E-state index >= 15 is 0 Å². The van der Waals surface area contributed by atoms with Gasteiger partial charge in [-0.1, -0.05) is 39.8 Å². The Hall–Kier alpha value is -3.32. The largest absolute Gasteiger partial charge is 0.453 e. The van der Waals surface area contributed by atoms with Gasteiger partial charge >= 0.3 is 6.09 Å². The number of carbonyl (C=O) groups is 2. The van der Waals surface area contributed by atoms with Gasteiger partial charge in [0, 0.05) is 35.6 Å². The Morgan fingerprint density at radius 2 is 1.70 bits per heavy atom. The summed E-state index contributed by atoms with van der Waals surface area (Å²) in [5.74, 6) is 0.00924. The molecule has 228 valence electrons. The number of aromatic nitrogens is 1. The van der Waals surface area contributed by atoms with E-state index < -0.39 is 10.0 Å². The van der Waals surface area contributed by atoms with Crippen molar-refractivity contribution in [1.29, 1.82) is 0 Å². The average molecular weight is 641 g/mol. The van der Waals surface area contributed by atoms with Gasteiger partial charge in [-0.2, -0.15) is 4.31 Å². The van der Waals surface area contributed by atoms with Crippen molar-refractivity contribution in [3.8, 4) is 10.6 Å². The van der Waals surface area contributed by atoms with Crippen molar-refractivity contribution in [2.45, 2.75) is 45.6 Å². The zero-order chi connectivity index (χ0) is 30.9. The van der Waals surface area contributed by atoms with Crippen LogP contribution in [0.1, 0.15) is 48.5 Å². The Balaban J connectivity index is 1.45. The van der Waals surface area contributed by atoms with E-state index in [4.69, 9.17) is 9.72 Å². The lowest BCUT2D eigenvalue weighted by molar-refractivity contribution is 0.102. The van der Waals surface area contributed by atoms with Gasteiger partial charge in [0.15, 0.2) is 0 Å². The topological polar surface area (TPSA) is 109 Å². The fourth-order valence-electron chi connectivity index (χ4n) is 5.17. The molecule has 0 fully saturated rings. The summed E-state index contributed by atoms with van der Waals surface area (Å²) in [5.41, 5.74) is 3.16. The zero-order valence-corrected chi connectivity index (χ0v) is 27.4. The number of nitrogens with zero attached hydrogens (tertiary/aromatic N) is 3. The molecule has 1 N–H and O–H groups in total. The summed E-state index contributed by atoms with van der Waals surface area (Å²) < 4.78 is 34.4. The van der Waals surface area contributed by atoms with Crippen molar-refractivity contribution in [3.05, 3.63) is 64.5 Å². The number of benzene rings is 2. The minimum Gasteiger partial charge on any atom is -0.453 e. The summed E-state index contributed by atoms with van der Waals surface area (Å²) in [6, 6.07) is 14.0. The molecular formula is C31H36N4O5S3. The van der Waals surface area contributed by atoms with Crippen LogP contribution in [-0.4, -0.2) is 61.4 Å². The molecule has 0 atom stereocenters. The Morgan fingerprint density at radius 1 is 1.02 bits per heavy atom. The number of thiazole rings is 1. The molecule has 0 unspecified atom stereocenters. The minimum atomic E-state index is -3.71. The fourth-order valence-corrected chi connectivity index (χ4v) is 9.31. The molecule has 2 amide bonds. The summed E-state index contributed by atoms with van der Waals surface area (Å²) in [5, 5.41) is 4.52. The Kier molecular flexibility index (Phi) is 9.21. The Bertz CT molecular complexity index is 1700. The number of sulfonamides is 1. The molecule has 2 aromatic carbocycles. The molecule has 3 heterocycles. The maximum absolute atomic E-state index is 13.5. The maximum atomic E-state index is 13.5. The lowest BCUT2D eigenvalue weighted by atomic mass is 10.0. The zero-order valence-electron chi connectivity index (χ0n) is 24.9. The first kappa shape index (κ1) is 31.1. The number of ether oxygens (including phenoxy) is 1. The molecule has 0 radical (unpaired) electrons. The van der Waals surface area contributed by atoms with Crippen LogP contribution < -0.4 is 5.32 Å². The number of anilines is 1. The van der Waals surface area contributed by atoms with Crippen molar-refractivity contribution in [2.75, 3.05) is 32.1 Å². The number of nitrogens with one attached hydrogen (secondary N) is 1. The van der Waals surface area contributed by atoms with E-state index in [0.717, 1.165) is 31.2 Å². The van der Waals surface area contributed by atoms with Crippen LogP contribution in [0.5, 0.6) is 0 Å². The van der Waals surface area contributed by atoms with Gasteiger partial charge < -0.3 is 15.0 Å². The number of methoxy groups -OCH3 is 1. The average Bonchev–Trinajstić information content (AvgIpc) is 3.56. The number of hydrogen-bond acceptors (Lipinski definition) is 8. The molecule has 9 nitrogen and oxygen atoms in total. The minimum absolute atomic E-state index is 0.162. The first-order valence-electron chi connectivity index (χ1n) is 14.2. The SMILES string of the molecule is COC(=O)N1CCc2c(sc(NC(=O)c3ccc(S(=O)(=O)N(CC(C)C)CC(C)C)cc3)c2-c2nc3ccccc3s2)C1. The molecule has 1 aliphatic rings. The van der Waals surface area contributed by atoms with E-state index in [2.05, 4.69) is 5.32 Å². The predicted octanol–water partition coefficient (Wildman–Crippen LogP) is 6.70. The second-order valence-electron chi connectivity index (χ2n) is 11.4. The van der Waals surface area contributed by atoms with Gasteiger partial charge in [0.1, 0.15) is 10.0 Å². The molecule has 2 aromatic heterocycles. The van der Waals surface area contributed by atoms with Crippen molar-refractivity contribution in [1.82, 2.24) is 14.2 Å². The van der Waals surface area contributed by atoms with E-state index in [1.165, 1.54) is 34.9 Å². The summed E-state index contributed by atoms with van der Waals surface area (Å²) in [6.07, 6.45) is 0.222. The highest BCUT2D eigenvalue weighted by Crippen LogP contribution is 2.46. The second-order valence-corrected chi connectivity index (χ2v) is 15.5. The van der Waals surface area contributed by atoms with Gasteiger partial charge in [0.25, 0.3) is 5.91 Å². The number of carbonyl (C=O) groups excluding carboxylic acids is 2. The lowest BCUT2D eigenvalue weighted by Gasteiger charge is -2.25. The van der Waals surface area contributed by atoms with Crippen LogP contribution >= 0.6 is 22.7 Å². The standard InChI is InChI=1S/C31H36N4O5S3/c1-19(2)16-35(17-20(3)4)43(38,39)22-12-10-21(11-13-22)28(36)33-30-27(29-32-24-8-6-7-9-25(24)41-29)23-14-15-34(31(37)40-5)18-26(23)42-30/h6-13,19-20H,14-18H2,1-5H3,(H,33,36). The quantitative estimate of drug-likeness (QED) is 0.218. The van der Waals surface area contributed by atoms with Crippen LogP contribution in [0.4, 0.5) is 9.80 Å². The van der Waals surface area contributed by atoms with E-state index in [-0.39, 0.29) is 28.7 Å². The monoisotopic (exact) mass is 640 g/mol. The van der Waals surface area contributed by atoms with E-state index in [9.17, 15) is 18.0 Å². The molecule has 0 spiro atoms. The third-order valence-corrected chi connectivity index (χ3v) is 11.1. The molecule has 12 heteroatoms. The first-order chi connectivity index (χ1) is 20.5. The molecule has 0 saturated heterocycles. The third kappa shape index (κ3) is 6.62. The normalized spacial score (nSPS) is 13.6. The van der Waals surface area contributed by atoms with Gasteiger partial charge in [-0.25, -0.2) is 18.2 Å². The molecule has 43 heavy (non-hydrogen) atoms. The van der Waals surface area contributed by atoms with Gasteiger partial charge in [-0.15, -0.1) is 22.7 Å². The Morgan fingerprint density at radius 3 is 2.33 bits per heavy atom. The number of rotatable bonds is 9. The van der Waals surface area contributed by atoms with Crippen molar-refractivity contribution in [2.24, 2.45) is 11.8 Å². The summed E-state index contributed by atoms with van der Waals surface area (Å²) in [6.45, 7) is 9.71. The highest BCUT2D eigenvalue weighted by Gasteiger charge is 2.30. The number of para-hydroxylation sites is 1. The van der Waals surface area contributed by atoms with Gasteiger partial charge in [0.05, 0.1) is 28.8 Å². The van der Waals surface area contributed by atoms with Crippen LogP contribution in [0.2, 0.25) is 0 Å². The molecule has 4 aromatic rings. The second kappa shape index (κ2) is 12.7. The first-order valence-corrected chi connectivity index (χ1v) is 17.3. The van der Waals surface area contributed by atoms with Crippen LogP contribution in [0.15, 0.2) is 53.4 Å². The van der Waals surface area contributed by atoms with Crippen molar-refractivity contribution < 1.29 is 22.7 Å². The Labute approximate surface area is 260 Å². The molecule has 0 aliphatic carbocycles. The smallest absolute Gasteiger partial charge is 0.409 e. The van der Waals surface area contributed by atoms with Crippen molar-refractivity contribution >= 4 is 59.9 Å². The maximum Gasteiger partial charge on any atom is 0.409 e. The van der Waals surface area contributed by atoms with Gasteiger partial charge in [-0.05, 0) is 60.2 Å². The van der Waals surface area contributed by atoms with Gasteiger partial charge in [-0.3, -0.25) is 4.79 Å². The predicted molar refractivity (Wildman–Crippen MR) is 172 cm³/mol. The fraction of sp³-hybridized carbons (Fsp3) is 0.387. The number of fused-ring (bicyclic) bond motifs is 2. The molecule has 1 aliphatic heterocycles. The van der Waals surface area contributed by atoms with E-state index in [1.54, 1.807) is 28.4 Å². The van der Waals surface area contributed by atoms with Crippen LogP contribution in [0.3, 0.4) is 0 Å². The van der Waals surface area contributed by atoms with E-state index in [0.29, 0.717) is 43.2 Å². The number of amides is 2. The molecule has 5 rings (SSSR count).